The highest BCUT2D eigenvalue weighted by Gasteiger charge is 2.00. The minimum Gasteiger partial charge on any atom is -0.464 e. The summed E-state index contributed by atoms with van der Waals surface area (Å²) in [5, 5.41) is 0.231. The largest absolute Gasteiger partial charge is 0.464 e. The first-order valence-electron chi connectivity index (χ1n) is 12.8. The van der Waals surface area contributed by atoms with E-state index in [-0.39, 0.29) is 17.7 Å². The van der Waals surface area contributed by atoms with Gasteiger partial charge in [-0.25, -0.2) is 4.79 Å². The summed E-state index contributed by atoms with van der Waals surface area (Å²) in [5.74, 6) is 0.617. The van der Waals surface area contributed by atoms with E-state index < -0.39 is 0 Å². The summed E-state index contributed by atoms with van der Waals surface area (Å²) in [6.45, 7) is 8.54. The van der Waals surface area contributed by atoms with Gasteiger partial charge in [-0.1, -0.05) is 56.7 Å². The third-order valence-electron chi connectivity index (χ3n) is 4.75. The molecular weight excluding hydrogens is 460 g/mol. The lowest BCUT2D eigenvalue weighted by Crippen LogP contribution is -2.16. The van der Waals surface area contributed by atoms with Gasteiger partial charge >= 0.3 is 5.97 Å². The maximum Gasteiger partial charge on any atom is 0.332 e. The highest BCUT2D eigenvalue weighted by atomic mass is 32.2. The summed E-state index contributed by atoms with van der Waals surface area (Å²) < 4.78 is 31.7. The van der Waals surface area contributed by atoms with E-state index in [0.717, 1.165) is 25.2 Å². The average molecular weight is 509 g/mol. The predicted molar refractivity (Wildman–Crippen MR) is 135 cm³/mol. The molecule has 0 unspecified atom stereocenters. The smallest absolute Gasteiger partial charge is 0.332 e. The molecule has 0 rings (SSSR count). The first-order valence-corrected chi connectivity index (χ1v) is 13.8. The molecular formula is C25H48O8S. The molecule has 0 aliphatic rings. The van der Waals surface area contributed by atoms with Crippen LogP contribution in [-0.4, -0.2) is 89.5 Å². The Balaban J connectivity index is 3.05. The van der Waals surface area contributed by atoms with Crippen LogP contribution < -0.4 is 0 Å². The number of hydrogen-bond donors (Lipinski definition) is 0. The van der Waals surface area contributed by atoms with Crippen LogP contribution in [0.3, 0.4) is 0 Å². The maximum absolute atomic E-state index is 11.1. The molecule has 0 aromatic carbocycles. The Morgan fingerprint density at radius 1 is 0.559 bits per heavy atom. The van der Waals surface area contributed by atoms with E-state index in [1.165, 1.54) is 56.7 Å². The molecule has 0 aromatic rings. The maximum atomic E-state index is 11.1. The molecule has 0 atom stereocenters. The number of esters is 1. The third-order valence-corrected chi connectivity index (χ3v) is 5.65. The van der Waals surface area contributed by atoms with Gasteiger partial charge in [0.25, 0.3) is 0 Å². The number of thioether (sulfide) groups is 1. The van der Waals surface area contributed by atoms with Crippen LogP contribution >= 0.6 is 11.8 Å². The number of rotatable bonds is 27. The van der Waals surface area contributed by atoms with Gasteiger partial charge in [0, 0.05) is 19.3 Å². The number of unbranched alkanes of at least 4 members (excludes halogenated alkanes) is 8. The van der Waals surface area contributed by atoms with Gasteiger partial charge in [-0.2, -0.15) is 0 Å². The normalized spacial score (nSPS) is 11.1. The van der Waals surface area contributed by atoms with Gasteiger partial charge in [-0.05, 0) is 19.8 Å². The van der Waals surface area contributed by atoms with E-state index in [9.17, 15) is 9.59 Å². The van der Waals surface area contributed by atoms with Crippen LogP contribution in [0.25, 0.3) is 0 Å². The van der Waals surface area contributed by atoms with Crippen LogP contribution in [0, 0.1) is 0 Å². The van der Waals surface area contributed by atoms with Gasteiger partial charge in [0.15, 0.2) is 5.12 Å². The molecule has 0 N–H and O–H groups in total. The lowest BCUT2D eigenvalue weighted by atomic mass is 10.1. The van der Waals surface area contributed by atoms with E-state index >= 15 is 0 Å². The molecule has 9 heteroatoms. The first-order chi connectivity index (χ1) is 16.7. The highest BCUT2D eigenvalue weighted by molar-refractivity contribution is 8.13. The van der Waals surface area contributed by atoms with Crippen molar-refractivity contribution in [1.82, 2.24) is 0 Å². The van der Waals surface area contributed by atoms with Crippen LogP contribution in [0.5, 0.6) is 0 Å². The van der Waals surface area contributed by atoms with Crippen molar-refractivity contribution in [1.29, 1.82) is 0 Å². The summed E-state index contributed by atoms with van der Waals surface area (Å²) in [4.78, 5) is 21.9. The Bertz CT molecular complexity index is 451. The van der Waals surface area contributed by atoms with E-state index in [1.807, 2.05) is 0 Å². The second kappa shape index (κ2) is 28.5. The number of carbonyl (C=O) groups excluding carboxylic acids is 2. The van der Waals surface area contributed by atoms with Crippen molar-refractivity contribution in [2.24, 2.45) is 0 Å². The number of ether oxygens (including phenoxy) is 6. The molecule has 0 heterocycles. The Morgan fingerprint density at radius 2 is 0.971 bits per heavy atom. The molecule has 0 saturated carbocycles. The van der Waals surface area contributed by atoms with Crippen molar-refractivity contribution in [3.05, 3.63) is 0 Å². The van der Waals surface area contributed by atoms with E-state index in [4.69, 9.17) is 28.4 Å². The molecule has 0 aromatic heterocycles. The summed E-state index contributed by atoms with van der Waals surface area (Å²) >= 11 is 1.44. The van der Waals surface area contributed by atoms with Gasteiger partial charge in [-0.15, -0.1) is 0 Å². The van der Waals surface area contributed by atoms with Gasteiger partial charge in [0.1, 0.15) is 6.61 Å². The van der Waals surface area contributed by atoms with Crippen LogP contribution in [0.2, 0.25) is 0 Å². The van der Waals surface area contributed by atoms with Crippen molar-refractivity contribution in [2.45, 2.75) is 71.6 Å². The molecule has 8 nitrogen and oxygen atoms in total. The molecule has 0 aliphatic heterocycles. The van der Waals surface area contributed by atoms with Crippen LogP contribution in [0.1, 0.15) is 71.6 Å². The molecule has 0 aliphatic carbocycles. The molecule has 34 heavy (non-hydrogen) atoms. The fourth-order valence-corrected chi connectivity index (χ4v) is 3.63. The molecule has 202 valence electrons. The van der Waals surface area contributed by atoms with E-state index in [1.54, 1.807) is 13.8 Å². The number of hydrogen-bond acceptors (Lipinski definition) is 9. The van der Waals surface area contributed by atoms with Gasteiger partial charge in [-0.3, -0.25) is 4.79 Å². The number of carbonyl (C=O) groups is 2. The van der Waals surface area contributed by atoms with Crippen molar-refractivity contribution >= 4 is 22.8 Å². The quantitative estimate of drug-likeness (QED) is 0.118. The zero-order chi connectivity index (χ0) is 25.0. The fourth-order valence-electron chi connectivity index (χ4n) is 3.00. The molecule has 0 amide bonds. The van der Waals surface area contributed by atoms with Gasteiger partial charge in [0.05, 0.1) is 59.5 Å². The highest BCUT2D eigenvalue weighted by Crippen LogP contribution is 2.12. The Labute approximate surface area is 211 Å². The topological polar surface area (TPSA) is 89.5 Å². The average Bonchev–Trinajstić information content (AvgIpc) is 2.81. The molecule has 0 saturated heterocycles. The van der Waals surface area contributed by atoms with E-state index in [2.05, 4.69) is 0 Å². The minimum atomic E-state index is -0.358. The summed E-state index contributed by atoms with van der Waals surface area (Å²) in [6.07, 6.45) is 11.2. The van der Waals surface area contributed by atoms with Crippen molar-refractivity contribution in [3.8, 4) is 0 Å². The fraction of sp³-hybridized carbons (Fsp3) is 0.920. The van der Waals surface area contributed by atoms with Crippen molar-refractivity contribution in [2.75, 3.05) is 78.4 Å². The Kier molecular flexibility index (Phi) is 27.9. The summed E-state index contributed by atoms with van der Waals surface area (Å²) in [5.41, 5.74) is 0. The Morgan fingerprint density at radius 3 is 1.44 bits per heavy atom. The van der Waals surface area contributed by atoms with Crippen LogP contribution in [-0.2, 0) is 38.0 Å². The Hall–Kier alpha value is -0.710. The third kappa shape index (κ3) is 29.3. The minimum absolute atomic E-state index is 0.0414. The molecule has 0 bridgehead atoms. The lowest BCUT2D eigenvalue weighted by Gasteiger charge is -2.08. The van der Waals surface area contributed by atoms with Crippen molar-refractivity contribution < 1.29 is 38.0 Å². The lowest BCUT2D eigenvalue weighted by molar-refractivity contribution is -0.149. The predicted octanol–water partition coefficient (Wildman–Crippen LogP) is 4.42. The van der Waals surface area contributed by atoms with Crippen LogP contribution in [0.15, 0.2) is 0 Å². The van der Waals surface area contributed by atoms with Crippen molar-refractivity contribution in [3.63, 3.8) is 0 Å². The van der Waals surface area contributed by atoms with E-state index in [0.29, 0.717) is 59.5 Å². The zero-order valence-corrected chi connectivity index (χ0v) is 22.3. The second-order valence-corrected chi connectivity index (χ2v) is 9.10. The standard InChI is InChI=1S/C25H48O8S/c1-3-33-25(27)23-32-21-20-31-19-18-30-17-16-29-15-14-28-13-11-9-7-5-4-6-8-10-12-22-34-24(2)26/h3-23H2,1-2H3. The SMILES string of the molecule is CCOC(=O)COCCOCCOCCOCCOCCCCCCCCCCCSC(C)=O. The first kappa shape index (κ1) is 33.3. The summed E-state index contributed by atoms with van der Waals surface area (Å²) in [7, 11) is 0. The zero-order valence-electron chi connectivity index (χ0n) is 21.5. The second-order valence-electron chi connectivity index (χ2n) is 7.83. The van der Waals surface area contributed by atoms with Gasteiger partial charge in [0.2, 0.25) is 0 Å². The van der Waals surface area contributed by atoms with Crippen LogP contribution in [0.4, 0.5) is 0 Å². The van der Waals surface area contributed by atoms with Gasteiger partial charge < -0.3 is 28.4 Å². The molecule has 0 radical (unpaired) electrons. The molecule has 0 fully saturated rings. The molecule has 0 spiro atoms. The summed E-state index contributed by atoms with van der Waals surface area (Å²) in [6, 6.07) is 0. The monoisotopic (exact) mass is 508 g/mol.